The Balaban J connectivity index is 2.57. The maximum Gasteiger partial charge on any atom is 0.147 e. The lowest BCUT2D eigenvalue weighted by molar-refractivity contribution is -0.105. The van der Waals surface area contributed by atoms with Crippen LogP contribution in [-0.4, -0.2) is 12.5 Å². The lowest BCUT2D eigenvalue weighted by atomic mass is 9.92. The standard InChI is InChI=1S/C12H12OS/c1-14-12-10(8-13)7-6-9-4-2-3-5-11(9)12/h2-5,8H,6-7H2,1H3. The highest BCUT2D eigenvalue weighted by Gasteiger charge is 2.16. The number of thioether (sulfide) groups is 1. The summed E-state index contributed by atoms with van der Waals surface area (Å²) in [5, 5.41) is 0. The quantitative estimate of drug-likeness (QED) is 0.689. The van der Waals surface area contributed by atoms with Crippen LogP contribution in [0, 0.1) is 0 Å². The van der Waals surface area contributed by atoms with Crippen molar-refractivity contribution in [1.82, 2.24) is 0 Å². The van der Waals surface area contributed by atoms with Gasteiger partial charge in [-0.05, 0) is 30.2 Å². The molecule has 0 N–H and O–H groups in total. The summed E-state index contributed by atoms with van der Waals surface area (Å²) in [6.45, 7) is 0. The molecular formula is C12H12OS. The molecule has 0 aromatic heterocycles. The molecule has 0 radical (unpaired) electrons. The summed E-state index contributed by atoms with van der Waals surface area (Å²) >= 11 is 1.67. The third kappa shape index (κ3) is 1.50. The van der Waals surface area contributed by atoms with Crippen LogP contribution in [-0.2, 0) is 11.2 Å². The number of allylic oxidation sites excluding steroid dienone is 1. The van der Waals surface area contributed by atoms with Crippen molar-refractivity contribution in [3.8, 4) is 0 Å². The number of carbonyl (C=O) groups is 1. The van der Waals surface area contributed by atoms with Gasteiger partial charge in [-0.3, -0.25) is 4.79 Å². The van der Waals surface area contributed by atoms with Crippen molar-refractivity contribution in [2.45, 2.75) is 12.8 Å². The van der Waals surface area contributed by atoms with E-state index in [1.54, 1.807) is 11.8 Å². The summed E-state index contributed by atoms with van der Waals surface area (Å²) in [6, 6.07) is 8.34. The highest BCUT2D eigenvalue weighted by molar-refractivity contribution is 8.07. The van der Waals surface area contributed by atoms with Crippen molar-refractivity contribution in [1.29, 1.82) is 0 Å². The van der Waals surface area contributed by atoms with E-state index in [4.69, 9.17) is 0 Å². The monoisotopic (exact) mass is 204 g/mol. The van der Waals surface area contributed by atoms with Gasteiger partial charge in [0.15, 0.2) is 0 Å². The van der Waals surface area contributed by atoms with E-state index in [1.807, 2.05) is 12.3 Å². The number of benzene rings is 1. The van der Waals surface area contributed by atoms with Crippen LogP contribution >= 0.6 is 11.8 Å². The molecule has 0 heterocycles. The lowest BCUT2D eigenvalue weighted by Gasteiger charge is -2.18. The number of carbonyl (C=O) groups excluding carboxylic acids is 1. The molecule has 0 saturated heterocycles. The van der Waals surface area contributed by atoms with E-state index >= 15 is 0 Å². The Morgan fingerprint density at radius 3 is 2.79 bits per heavy atom. The molecule has 1 aromatic rings. The summed E-state index contributed by atoms with van der Waals surface area (Å²) < 4.78 is 0. The number of hydrogen-bond acceptors (Lipinski definition) is 2. The van der Waals surface area contributed by atoms with Crippen molar-refractivity contribution < 1.29 is 4.79 Å². The Bertz CT molecular complexity index is 393. The lowest BCUT2D eigenvalue weighted by Crippen LogP contribution is -2.03. The summed E-state index contributed by atoms with van der Waals surface area (Å²) in [5.74, 6) is 0. The minimum atomic E-state index is 0.886. The van der Waals surface area contributed by atoms with Crippen molar-refractivity contribution in [3.63, 3.8) is 0 Å². The van der Waals surface area contributed by atoms with Gasteiger partial charge in [-0.15, -0.1) is 11.8 Å². The smallest absolute Gasteiger partial charge is 0.147 e. The van der Waals surface area contributed by atoms with Gasteiger partial charge >= 0.3 is 0 Å². The fraction of sp³-hybridized carbons (Fsp3) is 0.250. The fourth-order valence-corrected chi connectivity index (χ4v) is 2.70. The minimum Gasteiger partial charge on any atom is -0.298 e. The van der Waals surface area contributed by atoms with E-state index in [0.29, 0.717) is 0 Å². The first-order valence-electron chi connectivity index (χ1n) is 4.67. The van der Waals surface area contributed by atoms with E-state index < -0.39 is 0 Å². The maximum atomic E-state index is 10.9. The van der Waals surface area contributed by atoms with Crippen LogP contribution in [0.4, 0.5) is 0 Å². The molecule has 14 heavy (non-hydrogen) atoms. The average molecular weight is 204 g/mol. The molecule has 1 nitrogen and oxygen atoms in total. The largest absolute Gasteiger partial charge is 0.298 e. The van der Waals surface area contributed by atoms with Crippen LogP contribution in [0.3, 0.4) is 0 Å². The topological polar surface area (TPSA) is 17.1 Å². The van der Waals surface area contributed by atoms with E-state index in [2.05, 4.69) is 18.2 Å². The first-order chi connectivity index (χ1) is 6.86. The van der Waals surface area contributed by atoms with E-state index in [-0.39, 0.29) is 0 Å². The summed E-state index contributed by atoms with van der Waals surface area (Å²) in [7, 11) is 0. The van der Waals surface area contributed by atoms with Gasteiger partial charge in [-0.25, -0.2) is 0 Å². The molecule has 2 rings (SSSR count). The van der Waals surface area contributed by atoms with Crippen LogP contribution in [0.25, 0.3) is 4.91 Å². The molecule has 0 unspecified atom stereocenters. The van der Waals surface area contributed by atoms with Crippen LogP contribution in [0.1, 0.15) is 17.5 Å². The Hall–Kier alpha value is -1.02. The van der Waals surface area contributed by atoms with Crippen molar-refractivity contribution in [2.75, 3.05) is 6.26 Å². The number of fused-ring (bicyclic) bond motifs is 1. The second kappa shape index (κ2) is 4.01. The van der Waals surface area contributed by atoms with Gasteiger partial charge in [0.2, 0.25) is 0 Å². The molecule has 0 bridgehead atoms. The van der Waals surface area contributed by atoms with Crippen molar-refractivity contribution in [2.24, 2.45) is 0 Å². The van der Waals surface area contributed by atoms with Crippen LogP contribution in [0.15, 0.2) is 29.8 Å². The van der Waals surface area contributed by atoms with Gasteiger partial charge in [-0.1, -0.05) is 24.3 Å². The Kier molecular flexibility index (Phi) is 2.73. The van der Waals surface area contributed by atoms with E-state index in [1.165, 1.54) is 11.1 Å². The highest BCUT2D eigenvalue weighted by atomic mass is 32.2. The zero-order valence-corrected chi connectivity index (χ0v) is 8.93. The number of aryl methyl sites for hydroxylation is 1. The SMILES string of the molecule is CSC1=C(C=O)CCc2ccccc21. The summed E-state index contributed by atoms with van der Waals surface area (Å²) in [5.41, 5.74) is 3.56. The molecular weight excluding hydrogens is 192 g/mol. The molecule has 1 aliphatic carbocycles. The number of rotatable bonds is 2. The van der Waals surface area contributed by atoms with Crippen LogP contribution in [0.2, 0.25) is 0 Å². The maximum absolute atomic E-state index is 10.9. The minimum absolute atomic E-state index is 0.886. The summed E-state index contributed by atoms with van der Waals surface area (Å²) in [6.07, 6.45) is 4.91. The zero-order valence-electron chi connectivity index (χ0n) is 8.12. The second-order valence-electron chi connectivity index (χ2n) is 3.33. The fourth-order valence-electron chi connectivity index (χ4n) is 1.87. The van der Waals surface area contributed by atoms with Crippen LogP contribution < -0.4 is 0 Å². The number of hydrogen-bond donors (Lipinski definition) is 0. The van der Waals surface area contributed by atoms with Gasteiger partial charge in [0.1, 0.15) is 6.29 Å². The normalized spacial score (nSPS) is 15.2. The molecule has 0 amide bonds. The van der Waals surface area contributed by atoms with Crippen molar-refractivity contribution >= 4 is 23.0 Å². The molecule has 0 aliphatic heterocycles. The average Bonchev–Trinajstić information content (AvgIpc) is 2.27. The number of aldehydes is 1. The van der Waals surface area contributed by atoms with E-state index in [0.717, 1.165) is 29.6 Å². The Morgan fingerprint density at radius 1 is 1.29 bits per heavy atom. The third-order valence-corrected chi connectivity index (χ3v) is 3.45. The predicted octanol–water partition coefficient (Wildman–Crippen LogP) is 2.91. The molecule has 72 valence electrons. The highest BCUT2D eigenvalue weighted by Crippen LogP contribution is 2.36. The van der Waals surface area contributed by atoms with Gasteiger partial charge in [-0.2, -0.15) is 0 Å². The van der Waals surface area contributed by atoms with Crippen molar-refractivity contribution in [3.05, 3.63) is 41.0 Å². The second-order valence-corrected chi connectivity index (χ2v) is 4.15. The Labute approximate surface area is 88.2 Å². The Morgan fingerprint density at radius 2 is 2.07 bits per heavy atom. The first kappa shape index (κ1) is 9.53. The molecule has 1 aromatic carbocycles. The van der Waals surface area contributed by atoms with Gasteiger partial charge in [0.05, 0.1) is 0 Å². The van der Waals surface area contributed by atoms with E-state index in [9.17, 15) is 4.79 Å². The van der Waals surface area contributed by atoms with Gasteiger partial charge in [0, 0.05) is 10.5 Å². The summed E-state index contributed by atoms with van der Waals surface area (Å²) in [4.78, 5) is 12.0. The first-order valence-corrected chi connectivity index (χ1v) is 5.90. The molecule has 0 fully saturated rings. The molecule has 0 atom stereocenters. The molecule has 1 aliphatic rings. The molecule has 0 spiro atoms. The van der Waals surface area contributed by atoms with Crippen LogP contribution in [0.5, 0.6) is 0 Å². The predicted molar refractivity (Wildman–Crippen MR) is 61.3 cm³/mol. The van der Waals surface area contributed by atoms with Gasteiger partial charge in [0.25, 0.3) is 0 Å². The molecule has 2 heteroatoms. The third-order valence-electron chi connectivity index (χ3n) is 2.56. The molecule has 0 saturated carbocycles. The zero-order chi connectivity index (χ0) is 9.97. The van der Waals surface area contributed by atoms with Gasteiger partial charge < -0.3 is 0 Å².